The van der Waals surface area contributed by atoms with Crippen molar-refractivity contribution in [1.29, 1.82) is 0 Å². The number of rotatable bonds is 5. The third kappa shape index (κ3) is 3.37. The number of methoxy groups -OCH3 is 1. The summed E-state index contributed by atoms with van der Waals surface area (Å²) in [7, 11) is 5.99. The van der Waals surface area contributed by atoms with E-state index in [1.54, 1.807) is 7.11 Å². The average Bonchev–Trinajstić information content (AvgIpc) is 2.71. The largest absolute Gasteiger partial charge is 0.496 e. The van der Waals surface area contributed by atoms with Gasteiger partial charge in [-0.3, -0.25) is 4.67 Å². The Labute approximate surface area is 161 Å². The molecule has 0 N–H and O–H groups in total. The first-order chi connectivity index (χ1) is 13.2. The van der Waals surface area contributed by atoms with E-state index >= 15 is 0 Å². The Hall–Kier alpha value is -2.61. The summed E-state index contributed by atoms with van der Waals surface area (Å²) in [6, 6.07) is 25.1. The van der Waals surface area contributed by atoms with Crippen LogP contribution in [0.1, 0.15) is 0 Å². The fraction of sp³-hybridized carbons (Fsp3) is 0.130. The molecule has 4 heteroatoms. The normalized spacial score (nSPS) is 11.7. The summed E-state index contributed by atoms with van der Waals surface area (Å²) in [6.07, 6.45) is 0. The van der Waals surface area contributed by atoms with Gasteiger partial charge >= 0.3 is 0 Å². The van der Waals surface area contributed by atoms with Gasteiger partial charge in [0.05, 0.1) is 7.11 Å². The molecule has 0 aromatic heterocycles. The van der Waals surface area contributed by atoms with Gasteiger partial charge in [0.1, 0.15) is 20.5 Å². The predicted octanol–water partition coefficient (Wildman–Crippen LogP) is 6.12. The SMILES string of the molecule is COc1ccc2ccccc2c1-c1c(OPN(C)C)ccc2ccccc12. The van der Waals surface area contributed by atoms with Crippen molar-refractivity contribution in [1.82, 2.24) is 4.67 Å². The second kappa shape index (κ2) is 7.56. The van der Waals surface area contributed by atoms with E-state index in [0.717, 1.165) is 33.4 Å². The Bertz CT molecular complexity index is 1110. The molecule has 0 fully saturated rings. The second-order valence-electron chi connectivity index (χ2n) is 6.61. The minimum absolute atomic E-state index is 0.245. The Kier molecular flexibility index (Phi) is 4.98. The molecule has 0 amide bonds. The fourth-order valence-electron chi connectivity index (χ4n) is 3.41. The van der Waals surface area contributed by atoms with Crippen LogP contribution in [0.15, 0.2) is 72.8 Å². The summed E-state index contributed by atoms with van der Waals surface area (Å²) in [6.45, 7) is 0. The third-order valence-corrected chi connectivity index (χ3v) is 5.27. The van der Waals surface area contributed by atoms with Crippen LogP contribution >= 0.6 is 8.96 Å². The molecule has 4 aromatic rings. The maximum Gasteiger partial charge on any atom is 0.148 e. The van der Waals surface area contributed by atoms with Gasteiger partial charge in [-0.25, -0.2) is 0 Å². The molecule has 27 heavy (non-hydrogen) atoms. The number of nitrogens with zero attached hydrogens (tertiary/aromatic N) is 1. The zero-order valence-corrected chi connectivity index (χ0v) is 16.7. The summed E-state index contributed by atoms with van der Waals surface area (Å²) >= 11 is 0. The molecule has 0 bridgehead atoms. The van der Waals surface area contributed by atoms with E-state index in [1.165, 1.54) is 10.8 Å². The molecule has 0 spiro atoms. The quantitative estimate of drug-likeness (QED) is 0.392. The van der Waals surface area contributed by atoms with Gasteiger partial charge in [0, 0.05) is 11.1 Å². The maximum absolute atomic E-state index is 6.21. The van der Waals surface area contributed by atoms with Gasteiger partial charge in [-0.15, -0.1) is 0 Å². The number of hydrogen-bond donors (Lipinski definition) is 0. The van der Waals surface area contributed by atoms with Crippen molar-refractivity contribution < 1.29 is 9.26 Å². The van der Waals surface area contributed by atoms with Crippen LogP contribution in [0.4, 0.5) is 0 Å². The lowest BCUT2D eigenvalue weighted by atomic mass is 9.92. The van der Waals surface area contributed by atoms with E-state index in [2.05, 4.69) is 66.7 Å². The highest BCUT2D eigenvalue weighted by atomic mass is 31.1. The van der Waals surface area contributed by atoms with Crippen LogP contribution in [0.5, 0.6) is 11.5 Å². The van der Waals surface area contributed by atoms with E-state index in [9.17, 15) is 0 Å². The molecule has 0 aliphatic carbocycles. The smallest absolute Gasteiger partial charge is 0.148 e. The highest BCUT2D eigenvalue weighted by Gasteiger charge is 2.18. The van der Waals surface area contributed by atoms with Gasteiger partial charge in [0.15, 0.2) is 0 Å². The van der Waals surface area contributed by atoms with Gasteiger partial charge in [-0.1, -0.05) is 60.7 Å². The molecule has 0 saturated heterocycles. The molecule has 136 valence electrons. The molecule has 0 heterocycles. The second-order valence-corrected chi connectivity index (χ2v) is 7.89. The molecule has 1 unspecified atom stereocenters. The first-order valence-corrected chi connectivity index (χ1v) is 9.72. The van der Waals surface area contributed by atoms with Gasteiger partial charge in [-0.2, -0.15) is 0 Å². The monoisotopic (exact) mass is 375 g/mol. The van der Waals surface area contributed by atoms with Crippen LogP contribution in [-0.2, 0) is 0 Å². The zero-order chi connectivity index (χ0) is 18.8. The number of ether oxygens (including phenoxy) is 1. The van der Waals surface area contributed by atoms with E-state index in [-0.39, 0.29) is 8.96 Å². The molecule has 4 aromatic carbocycles. The Morgan fingerprint density at radius 1 is 0.667 bits per heavy atom. The molecule has 4 rings (SSSR count). The molecule has 0 aliphatic heterocycles. The zero-order valence-electron chi connectivity index (χ0n) is 15.7. The summed E-state index contributed by atoms with van der Waals surface area (Å²) in [4.78, 5) is 0. The topological polar surface area (TPSA) is 21.7 Å². The molecule has 0 aliphatic rings. The molecule has 0 saturated carbocycles. The number of fused-ring (bicyclic) bond motifs is 2. The van der Waals surface area contributed by atoms with Crippen molar-refractivity contribution in [2.45, 2.75) is 0 Å². The Balaban J connectivity index is 2.08. The van der Waals surface area contributed by atoms with Crippen molar-refractivity contribution in [3.63, 3.8) is 0 Å². The lowest BCUT2D eigenvalue weighted by molar-refractivity contribution is 0.417. The standard InChI is InChI=1S/C23H22NO2P/c1-24(2)27-26-21-15-13-17-9-5-7-11-19(17)23(21)22-18-10-6-4-8-16(18)12-14-20(22)25-3/h4-15,27H,1-3H3. The van der Waals surface area contributed by atoms with Crippen molar-refractivity contribution in [2.24, 2.45) is 0 Å². The molecular weight excluding hydrogens is 353 g/mol. The van der Waals surface area contributed by atoms with E-state index in [4.69, 9.17) is 9.26 Å². The van der Waals surface area contributed by atoms with Gasteiger partial charge in [-0.05, 0) is 47.8 Å². The van der Waals surface area contributed by atoms with E-state index in [0.29, 0.717) is 0 Å². The van der Waals surface area contributed by atoms with E-state index in [1.807, 2.05) is 24.8 Å². The predicted molar refractivity (Wildman–Crippen MR) is 116 cm³/mol. The summed E-state index contributed by atoms with van der Waals surface area (Å²) in [5, 5.41) is 4.68. The van der Waals surface area contributed by atoms with Crippen LogP contribution < -0.4 is 9.26 Å². The minimum Gasteiger partial charge on any atom is -0.496 e. The lowest BCUT2D eigenvalue weighted by Crippen LogP contribution is -2.00. The van der Waals surface area contributed by atoms with E-state index < -0.39 is 0 Å². The van der Waals surface area contributed by atoms with Crippen molar-refractivity contribution in [3.8, 4) is 22.6 Å². The summed E-state index contributed by atoms with van der Waals surface area (Å²) in [5.41, 5.74) is 2.15. The maximum atomic E-state index is 6.21. The minimum atomic E-state index is 0.245. The number of hydrogen-bond acceptors (Lipinski definition) is 3. The highest BCUT2D eigenvalue weighted by molar-refractivity contribution is 7.29. The Morgan fingerprint density at radius 3 is 1.74 bits per heavy atom. The molecule has 0 radical (unpaired) electrons. The first-order valence-electron chi connectivity index (χ1n) is 8.86. The van der Waals surface area contributed by atoms with Crippen LogP contribution in [0.2, 0.25) is 0 Å². The third-order valence-electron chi connectivity index (χ3n) is 4.59. The molecular formula is C23H22NO2P. The van der Waals surface area contributed by atoms with Crippen molar-refractivity contribution in [2.75, 3.05) is 21.2 Å². The van der Waals surface area contributed by atoms with Gasteiger partial charge < -0.3 is 9.26 Å². The molecule has 1 atom stereocenters. The first kappa shape index (κ1) is 17.8. The lowest BCUT2D eigenvalue weighted by Gasteiger charge is -2.19. The summed E-state index contributed by atoms with van der Waals surface area (Å²) in [5.74, 6) is 1.72. The summed E-state index contributed by atoms with van der Waals surface area (Å²) < 4.78 is 14.0. The number of benzene rings is 4. The fourth-order valence-corrected chi connectivity index (χ4v) is 3.87. The highest BCUT2D eigenvalue weighted by Crippen LogP contribution is 2.46. The van der Waals surface area contributed by atoms with Crippen LogP contribution in [0, 0.1) is 0 Å². The van der Waals surface area contributed by atoms with Gasteiger partial charge in [0.25, 0.3) is 0 Å². The average molecular weight is 375 g/mol. The van der Waals surface area contributed by atoms with Gasteiger partial charge in [0.2, 0.25) is 0 Å². The van der Waals surface area contributed by atoms with Crippen LogP contribution in [0.25, 0.3) is 32.7 Å². The van der Waals surface area contributed by atoms with Crippen LogP contribution in [0.3, 0.4) is 0 Å². The molecule has 3 nitrogen and oxygen atoms in total. The van der Waals surface area contributed by atoms with Crippen LogP contribution in [-0.4, -0.2) is 25.9 Å². The Morgan fingerprint density at radius 2 is 1.19 bits per heavy atom. The van der Waals surface area contributed by atoms with Crippen molar-refractivity contribution in [3.05, 3.63) is 72.8 Å². The van der Waals surface area contributed by atoms with Crippen molar-refractivity contribution >= 4 is 30.5 Å².